The molecule has 0 unspecified atom stereocenters. The van der Waals surface area contributed by atoms with Crippen LogP contribution >= 0.6 is 11.6 Å². The van der Waals surface area contributed by atoms with Crippen molar-refractivity contribution in [3.05, 3.63) is 51.8 Å². The third-order valence-corrected chi connectivity index (χ3v) is 4.98. The van der Waals surface area contributed by atoms with Crippen LogP contribution in [0.15, 0.2) is 24.3 Å². The molecule has 0 radical (unpaired) electrons. The number of nitrogens with zero attached hydrogens (tertiary/aromatic N) is 3. The number of unbranched alkanes of at least 4 members (excludes halogenated alkanes) is 1. The monoisotopic (exact) mass is 401 g/mol. The molecule has 1 aliphatic rings. The molecule has 0 fully saturated rings. The van der Waals surface area contributed by atoms with E-state index in [-0.39, 0.29) is 11.1 Å². The number of halogens is 1. The van der Waals surface area contributed by atoms with E-state index in [1.807, 2.05) is 0 Å². The second kappa shape index (κ2) is 7.98. The standard InChI is InChI=1S/C20H20ClN3O4/c1-3-4-9-24-18(21)15(12(2)22-24)10-16-13-7-5-6-8-14(13)19(27)23(20(16)28)11-17(25)26/h5-8,10H,3-4,9,11H2,1-2H3,(H,25,26)/b16-10-. The molecule has 2 amide bonds. The summed E-state index contributed by atoms with van der Waals surface area (Å²) in [5, 5.41) is 13.9. The lowest BCUT2D eigenvalue weighted by atomic mass is 9.92. The molecule has 0 atom stereocenters. The molecule has 1 aromatic heterocycles. The Morgan fingerprint density at radius 3 is 2.54 bits per heavy atom. The van der Waals surface area contributed by atoms with E-state index in [9.17, 15) is 14.4 Å². The Morgan fingerprint density at radius 2 is 1.89 bits per heavy atom. The van der Waals surface area contributed by atoms with E-state index in [0.29, 0.717) is 28.5 Å². The number of fused-ring (bicyclic) bond motifs is 1. The topological polar surface area (TPSA) is 92.5 Å². The molecule has 2 aromatic rings. The highest BCUT2D eigenvalue weighted by atomic mass is 35.5. The molecular formula is C20H20ClN3O4. The van der Waals surface area contributed by atoms with E-state index in [0.717, 1.165) is 17.7 Å². The first-order chi connectivity index (χ1) is 13.3. The van der Waals surface area contributed by atoms with E-state index >= 15 is 0 Å². The summed E-state index contributed by atoms with van der Waals surface area (Å²) < 4.78 is 1.69. The van der Waals surface area contributed by atoms with Crippen LogP contribution in [0.25, 0.3) is 11.6 Å². The van der Waals surface area contributed by atoms with Gasteiger partial charge in [-0.2, -0.15) is 5.10 Å². The number of carboxylic acid groups (broad SMARTS) is 1. The summed E-state index contributed by atoms with van der Waals surface area (Å²) in [5.41, 5.74) is 2.19. The van der Waals surface area contributed by atoms with Gasteiger partial charge in [-0.05, 0) is 31.1 Å². The lowest BCUT2D eigenvalue weighted by Crippen LogP contribution is -2.44. The van der Waals surface area contributed by atoms with Crippen molar-refractivity contribution < 1.29 is 19.5 Å². The van der Waals surface area contributed by atoms with Crippen LogP contribution in [0.2, 0.25) is 5.15 Å². The van der Waals surface area contributed by atoms with Crippen molar-refractivity contribution in [1.29, 1.82) is 0 Å². The smallest absolute Gasteiger partial charge is 0.323 e. The molecule has 1 N–H and O–H groups in total. The lowest BCUT2D eigenvalue weighted by Gasteiger charge is -2.27. The number of hydrogen-bond acceptors (Lipinski definition) is 4. The van der Waals surface area contributed by atoms with Crippen LogP contribution in [0, 0.1) is 6.92 Å². The van der Waals surface area contributed by atoms with E-state index < -0.39 is 24.3 Å². The summed E-state index contributed by atoms with van der Waals surface area (Å²) in [6.07, 6.45) is 3.50. The first kappa shape index (κ1) is 19.8. The fraction of sp³-hybridized carbons (Fsp3) is 0.300. The van der Waals surface area contributed by atoms with E-state index in [4.69, 9.17) is 16.7 Å². The van der Waals surface area contributed by atoms with Gasteiger partial charge < -0.3 is 5.11 Å². The van der Waals surface area contributed by atoms with Crippen LogP contribution in [0.1, 0.15) is 46.9 Å². The van der Waals surface area contributed by atoms with Crippen LogP contribution in [0.4, 0.5) is 0 Å². The highest BCUT2D eigenvalue weighted by molar-refractivity contribution is 6.36. The number of benzene rings is 1. The molecular weight excluding hydrogens is 382 g/mol. The van der Waals surface area contributed by atoms with E-state index in [2.05, 4.69) is 12.0 Å². The van der Waals surface area contributed by atoms with Gasteiger partial charge >= 0.3 is 5.97 Å². The van der Waals surface area contributed by atoms with Crippen molar-refractivity contribution in [2.75, 3.05) is 6.54 Å². The Bertz CT molecular complexity index is 993. The number of carboxylic acids is 1. The number of hydrogen-bond donors (Lipinski definition) is 1. The summed E-state index contributed by atoms with van der Waals surface area (Å²) in [5.74, 6) is -2.55. The predicted octanol–water partition coefficient (Wildman–Crippen LogP) is 3.25. The fourth-order valence-electron chi connectivity index (χ4n) is 3.15. The van der Waals surface area contributed by atoms with Gasteiger partial charge in [0.15, 0.2) is 0 Å². The van der Waals surface area contributed by atoms with Crippen LogP contribution in [-0.2, 0) is 16.1 Å². The average Bonchev–Trinajstić information content (AvgIpc) is 2.93. The number of carbonyl (C=O) groups excluding carboxylic acids is 2. The largest absolute Gasteiger partial charge is 0.480 e. The van der Waals surface area contributed by atoms with Crippen molar-refractivity contribution in [3.63, 3.8) is 0 Å². The van der Waals surface area contributed by atoms with Crippen molar-refractivity contribution in [3.8, 4) is 0 Å². The van der Waals surface area contributed by atoms with Crippen LogP contribution in [0.5, 0.6) is 0 Å². The van der Waals surface area contributed by atoms with Crippen molar-refractivity contribution in [2.24, 2.45) is 0 Å². The second-order valence-electron chi connectivity index (χ2n) is 6.56. The van der Waals surface area contributed by atoms with Crippen molar-refractivity contribution >= 4 is 41.0 Å². The minimum atomic E-state index is -1.26. The molecule has 1 aromatic carbocycles. The van der Waals surface area contributed by atoms with Crippen LogP contribution in [-0.4, -0.2) is 44.1 Å². The third kappa shape index (κ3) is 3.57. The zero-order chi connectivity index (χ0) is 20.4. The van der Waals surface area contributed by atoms with Crippen molar-refractivity contribution in [2.45, 2.75) is 33.2 Å². The van der Waals surface area contributed by atoms with Gasteiger partial charge in [0.2, 0.25) is 0 Å². The zero-order valence-corrected chi connectivity index (χ0v) is 16.4. The van der Waals surface area contributed by atoms with Gasteiger partial charge in [0.05, 0.1) is 5.69 Å². The zero-order valence-electron chi connectivity index (χ0n) is 15.6. The number of aliphatic carboxylic acids is 1. The maximum Gasteiger partial charge on any atom is 0.323 e. The normalized spacial score (nSPS) is 15.2. The Morgan fingerprint density at radius 1 is 1.21 bits per heavy atom. The maximum absolute atomic E-state index is 12.9. The number of imide groups is 1. The highest BCUT2D eigenvalue weighted by Crippen LogP contribution is 2.32. The first-order valence-corrected chi connectivity index (χ1v) is 9.35. The Balaban J connectivity index is 2.13. The Hall–Kier alpha value is -2.93. The van der Waals surface area contributed by atoms with Gasteiger partial charge in [0, 0.05) is 23.2 Å². The highest BCUT2D eigenvalue weighted by Gasteiger charge is 2.36. The van der Waals surface area contributed by atoms with Gasteiger partial charge in [-0.25, -0.2) is 0 Å². The van der Waals surface area contributed by atoms with Gasteiger partial charge in [-0.1, -0.05) is 43.1 Å². The number of rotatable bonds is 6. The number of amides is 2. The molecule has 2 heterocycles. The van der Waals surface area contributed by atoms with Gasteiger partial charge in [-0.3, -0.25) is 24.0 Å². The van der Waals surface area contributed by atoms with Crippen LogP contribution in [0.3, 0.4) is 0 Å². The van der Waals surface area contributed by atoms with Gasteiger partial charge in [-0.15, -0.1) is 0 Å². The molecule has 146 valence electrons. The summed E-state index contributed by atoms with van der Waals surface area (Å²) in [6.45, 7) is 3.82. The summed E-state index contributed by atoms with van der Waals surface area (Å²) >= 11 is 6.48. The molecule has 28 heavy (non-hydrogen) atoms. The fourth-order valence-corrected chi connectivity index (χ4v) is 3.47. The first-order valence-electron chi connectivity index (χ1n) is 8.97. The molecule has 0 aliphatic carbocycles. The van der Waals surface area contributed by atoms with Gasteiger partial charge in [0.25, 0.3) is 11.8 Å². The minimum absolute atomic E-state index is 0.219. The number of aryl methyl sites for hydroxylation is 2. The Labute approximate surface area is 167 Å². The summed E-state index contributed by atoms with van der Waals surface area (Å²) in [6, 6.07) is 6.63. The molecule has 0 saturated carbocycles. The molecule has 7 nitrogen and oxygen atoms in total. The predicted molar refractivity (Wildman–Crippen MR) is 105 cm³/mol. The average molecular weight is 402 g/mol. The number of carbonyl (C=O) groups is 3. The molecule has 8 heteroatoms. The maximum atomic E-state index is 12.9. The van der Waals surface area contributed by atoms with E-state index in [1.54, 1.807) is 41.9 Å². The van der Waals surface area contributed by atoms with Crippen LogP contribution < -0.4 is 0 Å². The van der Waals surface area contributed by atoms with E-state index in [1.165, 1.54) is 0 Å². The molecule has 0 bridgehead atoms. The SMILES string of the molecule is CCCCn1nc(C)c(/C=C2\C(=O)N(CC(=O)O)C(=O)c3ccccc32)c1Cl. The number of aromatic nitrogens is 2. The second-order valence-corrected chi connectivity index (χ2v) is 6.92. The quantitative estimate of drug-likeness (QED) is 0.592. The molecule has 3 rings (SSSR count). The van der Waals surface area contributed by atoms with Gasteiger partial charge in [0.1, 0.15) is 11.7 Å². The lowest BCUT2D eigenvalue weighted by molar-refractivity contribution is -0.141. The third-order valence-electron chi connectivity index (χ3n) is 4.58. The minimum Gasteiger partial charge on any atom is -0.480 e. The summed E-state index contributed by atoms with van der Waals surface area (Å²) in [4.78, 5) is 37.4. The molecule has 0 saturated heterocycles. The van der Waals surface area contributed by atoms with Crippen molar-refractivity contribution in [1.82, 2.24) is 14.7 Å². The Kier molecular flexibility index (Phi) is 5.65. The molecule has 0 spiro atoms. The molecule has 1 aliphatic heterocycles. The summed E-state index contributed by atoms with van der Waals surface area (Å²) in [7, 11) is 0.